The predicted octanol–water partition coefficient (Wildman–Crippen LogP) is 3.24. The number of nitro benzene ring substituents is 1. The second-order valence-corrected chi connectivity index (χ2v) is 9.77. The Hall–Kier alpha value is -3.57. The Morgan fingerprint density at radius 2 is 1.71 bits per heavy atom. The number of hydrogen-bond acceptors (Lipinski definition) is 7. The van der Waals surface area contributed by atoms with E-state index in [1.54, 1.807) is 31.3 Å². The molecule has 34 heavy (non-hydrogen) atoms. The zero-order chi connectivity index (χ0) is 24.3. The van der Waals surface area contributed by atoms with Crippen LogP contribution in [0.4, 0.5) is 21.6 Å². The Kier molecular flexibility index (Phi) is 6.75. The van der Waals surface area contributed by atoms with Crippen LogP contribution in [-0.4, -0.2) is 44.5 Å². The lowest BCUT2D eigenvalue weighted by Crippen LogP contribution is -2.46. The molecule has 9 nitrogen and oxygen atoms in total. The average molecular weight is 486 g/mol. The van der Waals surface area contributed by atoms with Gasteiger partial charge in [0.2, 0.25) is 10.0 Å². The van der Waals surface area contributed by atoms with Crippen LogP contribution in [0, 0.1) is 22.9 Å². The van der Waals surface area contributed by atoms with Crippen molar-refractivity contribution < 1.29 is 17.7 Å². The topological polar surface area (TPSA) is 109 Å². The number of nitro groups is 1. The molecule has 1 aliphatic heterocycles. The molecule has 11 heteroatoms. The van der Waals surface area contributed by atoms with Gasteiger partial charge in [-0.15, -0.1) is 0 Å². The molecule has 4 rings (SSSR count). The summed E-state index contributed by atoms with van der Waals surface area (Å²) in [6, 6.07) is 13.8. The smallest absolute Gasteiger partial charge is 0.273 e. The fourth-order valence-corrected chi connectivity index (χ4v) is 4.84. The van der Waals surface area contributed by atoms with Gasteiger partial charge in [0.25, 0.3) is 5.69 Å². The van der Waals surface area contributed by atoms with E-state index in [2.05, 4.69) is 19.5 Å². The molecule has 178 valence electrons. The number of benzene rings is 2. The summed E-state index contributed by atoms with van der Waals surface area (Å²) in [6.45, 7) is 4.50. The molecule has 1 fully saturated rings. The predicted molar refractivity (Wildman–Crippen MR) is 127 cm³/mol. The molecule has 0 saturated carbocycles. The number of aromatic nitrogens is 1. The number of pyridine rings is 1. The Bertz CT molecular complexity index is 1290. The van der Waals surface area contributed by atoms with Crippen LogP contribution in [0.25, 0.3) is 0 Å². The van der Waals surface area contributed by atoms with Crippen molar-refractivity contribution in [1.29, 1.82) is 0 Å². The van der Waals surface area contributed by atoms with Crippen molar-refractivity contribution in [3.05, 3.63) is 87.9 Å². The van der Waals surface area contributed by atoms with Gasteiger partial charge >= 0.3 is 0 Å². The summed E-state index contributed by atoms with van der Waals surface area (Å²) in [5.74, 6) is 0.473. The first kappa shape index (κ1) is 23.6. The standard InChI is InChI=1S/C23H24FN5O4S/c1-17-2-7-21(15-22(17)29(30)31)34(32,33)26-16-18-8-9-25-23(14-18)28-12-10-27(11-13-28)20-5-3-19(24)4-6-20/h2-9,14-15,26H,10-13,16H2,1H3. The fraction of sp³-hybridized carbons (Fsp3) is 0.261. The normalized spacial score (nSPS) is 14.3. The maximum absolute atomic E-state index is 13.2. The third kappa shape index (κ3) is 5.32. The third-order valence-electron chi connectivity index (χ3n) is 5.76. The van der Waals surface area contributed by atoms with E-state index in [0.717, 1.165) is 36.2 Å². The number of halogens is 1. The lowest BCUT2D eigenvalue weighted by Gasteiger charge is -2.36. The van der Waals surface area contributed by atoms with Crippen LogP contribution in [-0.2, 0) is 16.6 Å². The van der Waals surface area contributed by atoms with Crippen LogP contribution in [0.3, 0.4) is 0 Å². The lowest BCUT2D eigenvalue weighted by atomic mass is 10.2. The van der Waals surface area contributed by atoms with E-state index in [1.807, 2.05) is 6.07 Å². The first-order chi connectivity index (χ1) is 16.2. The molecule has 1 aromatic heterocycles. The Morgan fingerprint density at radius 3 is 2.38 bits per heavy atom. The minimum absolute atomic E-state index is 0.0229. The van der Waals surface area contributed by atoms with Gasteiger partial charge in [-0.3, -0.25) is 10.1 Å². The van der Waals surface area contributed by atoms with E-state index in [-0.39, 0.29) is 22.9 Å². The van der Waals surface area contributed by atoms with E-state index in [4.69, 9.17) is 0 Å². The summed E-state index contributed by atoms with van der Waals surface area (Å²) >= 11 is 0. The van der Waals surface area contributed by atoms with Gasteiger partial charge in [-0.05, 0) is 55.0 Å². The van der Waals surface area contributed by atoms with Crippen LogP contribution >= 0.6 is 0 Å². The third-order valence-corrected chi connectivity index (χ3v) is 7.16. The molecule has 0 aliphatic carbocycles. The fourth-order valence-electron chi connectivity index (χ4n) is 3.80. The van der Waals surface area contributed by atoms with Crippen LogP contribution in [0.2, 0.25) is 0 Å². The first-order valence-electron chi connectivity index (χ1n) is 10.7. The first-order valence-corrected chi connectivity index (χ1v) is 12.2. The minimum Gasteiger partial charge on any atom is -0.368 e. The molecule has 0 bridgehead atoms. The number of nitrogens with zero attached hydrogens (tertiary/aromatic N) is 4. The average Bonchev–Trinajstić information content (AvgIpc) is 2.83. The van der Waals surface area contributed by atoms with E-state index in [0.29, 0.717) is 18.7 Å². The highest BCUT2D eigenvalue weighted by atomic mass is 32.2. The van der Waals surface area contributed by atoms with Gasteiger partial charge in [-0.25, -0.2) is 22.5 Å². The lowest BCUT2D eigenvalue weighted by molar-refractivity contribution is -0.385. The molecule has 3 aromatic rings. The molecule has 1 saturated heterocycles. The Balaban J connectivity index is 1.40. The van der Waals surface area contributed by atoms with E-state index >= 15 is 0 Å². The second kappa shape index (κ2) is 9.74. The number of aryl methyl sites for hydroxylation is 1. The highest BCUT2D eigenvalue weighted by Crippen LogP contribution is 2.23. The summed E-state index contributed by atoms with van der Waals surface area (Å²) in [6.07, 6.45) is 1.63. The van der Waals surface area contributed by atoms with Gasteiger partial charge in [0.05, 0.1) is 9.82 Å². The van der Waals surface area contributed by atoms with E-state index < -0.39 is 14.9 Å². The zero-order valence-corrected chi connectivity index (χ0v) is 19.3. The van der Waals surface area contributed by atoms with Crippen molar-refractivity contribution in [3.8, 4) is 0 Å². The summed E-state index contributed by atoms with van der Waals surface area (Å²) in [5.41, 5.74) is 1.83. The number of nitrogens with one attached hydrogen (secondary N) is 1. The van der Waals surface area contributed by atoms with E-state index in [9.17, 15) is 22.9 Å². The second-order valence-electron chi connectivity index (χ2n) is 8.00. The number of rotatable bonds is 7. The van der Waals surface area contributed by atoms with Crippen LogP contribution in [0.15, 0.2) is 65.7 Å². The molecule has 0 amide bonds. The van der Waals surface area contributed by atoms with Gasteiger partial charge in [-0.1, -0.05) is 6.07 Å². The largest absolute Gasteiger partial charge is 0.368 e. The number of piperazine rings is 1. The quantitative estimate of drug-likeness (QED) is 0.404. The van der Waals surface area contributed by atoms with Crippen LogP contribution in [0.1, 0.15) is 11.1 Å². The molecular formula is C23H24FN5O4S. The minimum atomic E-state index is -3.93. The number of sulfonamides is 1. The van der Waals surface area contributed by atoms with Crippen LogP contribution in [0.5, 0.6) is 0 Å². The number of hydrogen-bond donors (Lipinski definition) is 1. The van der Waals surface area contributed by atoms with Gasteiger partial charge < -0.3 is 9.80 Å². The molecular weight excluding hydrogens is 461 g/mol. The van der Waals surface area contributed by atoms with Gasteiger partial charge in [0.1, 0.15) is 11.6 Å². The SMILES string of the molecule is Cc1ccc(S(=O)(=O)NCc2ccnc(N3CCN(c4ccc(F)cc4)CC3)c2)cc1[N+](=O)[O-]. The van der Waals surface area contributed by atoms with Crippen molar-refractivity contribution in [2.24, 2.45) is 0 Å². The zero-order valence-electron chi connectivity index (χ0n) is 18.5. The maximum atomic E-state index is 13.2. The molecule has 0 radical (unpaired) electrons. The Labute approximate surface area is 197 Å². The van der Waals surface area contributed by atoms with Crippen molar-refractivity contribution in [3.63, 3.8) is 0 Å². The summed E-state index contributed by atoms with van der Waals surface area (Å²) in [4.78, 5) is 19.1. The Morgan fingerprint density at radius 1 is 1.03 bits per heavy atom. The summed E-state index contributed by atoms with van der Waals surface area (Å²) in [7, 11) is -3.93. The highest BCUT2D eigenvalue weighted by Gasteiger charge is 2.21. The molecule has 1 aliphatic rings. The van der Waals surface area contributed by atoms with Crippen molar-refractivity contribution in [1.82, 2.24) is 9.71 Å². The number of anilines is 2. The molecule has 2 aromatic carbocycles. The molecule has 0 atom stereocenters. The van der Waals surface area contributed by atoms with Gasteiger partial charge in [0.15, 0.2) is 0 Å². The van der Waals surface area contributed by atoms with Crippen LogP contribution < -0.4 is 14.5 Å². The molecule has 0 unspecified atom stereocenters. The molecule has 0 spiro atoms. The highest BCUT2D eigenvalue weighted by molar-refractivity contribution is 7.89. The van der Waals surface area contributed by atoms with E-state index in [1.165, 1.54) is 24.3 Å². The monoisotopic (exact) mass is 485 g/mol. The molecule has 2 heterocycles. The molecule has 1 N–H and O–H groups in total. The van der Waals surface area contributed by atoms with Crippen molar-refractivity contribution in [2.45, 2.75) is 18.4 Å². The summed E-state index contributed by atoms with van der Waals surface area (Å²) in [5, 5.41) is 11.1. The van der Waals surface area contributed by atoms with Gasteiger partial charge in [-0.2, -0.15) is 0 Å². The van der Waals surface area contributed by atoms with Gasteiger partial charge in [0, 0.05) is 56.2 Å². The van der Waals surface area contributed by atoms with Crippen molar-refractivity contribution >= 4 is 27.2 Å². The van der Waals surface area contributed by atoms with Crippen molar-refractivity contribution in [2.75, 3.05) is 36.0 Å². The maximum Gasteiger partial charge on any atom is 0.273 e. The summed E-state index contributed by atoms with van der Waals surface area (Å²) < 4.78 is 41.0.